The molecular weight excluding hydrogens is 328 g/mol. The SMILES string of the molecule is CCOc1ccc(C(=O)[C@@H](C)OC(=O)c2ccc3ccccc3c2)cc1. The predicted molar refractivity (Wildman–Crippen MR) is 101 cm³/mol. The summed E-state index contributed by atoms with van der Waals surface area (Å²) in [7, 11) is 0. The Morgan fingerprint density at radius 3 is 2.23 bits per heavy atom. The third kappa shape index (κ3) is 3.91. The maximum absolute atomic E-state index is 12.5. The third-order valence-corrected chi connectivity index (χ3v) is 4.09. The molecule has 4 heteroatoms. The van der Waals surface area contributed by atoms with E-state index in [-0.39, 0.29) is 5.78 Å². The van der Waals surface area contributed by atoms with Crippen molar-refractivity contribution in [2.45, 2.75) is 20.0 Å². The lowest BCUT2D eigenvalue weighted by Gasteiger charge is -2.13. The minimum absolute atomic E-state index is 0.248. The van der Waals surface area contributed by atoms with Crippen LogP contribution >= 0.6 is 0 Å². The molecular formula is C22H20O4. The highest BCUT2D eigenvalue weighted by molar-refractivity contribution is 6.02. The van der Waals surface area contributed by atoms with Crippen LogP contribution in [0.1, 0.15) is 34.6 Å². The van der Waals surface area contributed by atoms with E-state index in [0.29, 0.717) is 23.5 Å². The molecule has 26 heavy (non-hydrogen) atoms. The number of fused-ring (bicyclic) bond motifs is 1. The predicted octanol–water partition coefficient (Wildman–Crippen LogP) is 4.67. The molecule has 0 aliphatic rings. The Morgan fingerprint density at radius 2 is 1.54 bits per heavy atom. The van der Waals surface area contributed by atoms with Crippen molar-refractivity contribution >= 4 is 22.5 Å². The van der Waals surface area contributed by atoms with Crippen LogP contribution in [0.4, 0.5) is 0 Å². The minimum Gasteiger partial charge on any atom is -0.494 e. The van der Waals surface area contributed by atoms with Crippen LogP contribution in [0.15, 0.2) is 66.7 Å². The van der Waals surface area contributed by atoms with E-state index in [9.17, 15) is 9.59 Å². The molecule has 0 heterocycles. The second-order valence-electron chi connectivity index (χ2n) is 5.93. The van der Waals surface area contributed by atoms with Gasteiger partial charge in [-0.3, -0.25) is 4.79 Å². The number of ether oxygens (including phenoxy) is 2. The normalized spacial score (nSPS) is 11.8. The molecule has 0 spiro atoms. The highest BCUT2D eigenvalue weighted by Crippen LogP contribution is 2.18. The standard InChI is InChI=1S/C22H20O4/c1-3-25-20-12-10-17(11-13-20)21(23)15(2)26-22(24)19-9-8-16-6-4-5-7-18(16)14-19/h4-15H,3H2,1-2H3/t15-/m1/s1. The van der Waals surface area contributed by atoms with E-state index in [4.69, 9.17) is 9.47 Å². The molecule has 0 aliphatic heterocycles. The van der Waals surface area contributed by atoms with Gasteiger partial charge in [-0.05, 0) is 61.0 Å². The average molecular weight is 348 g/mol. The van der Waals surface area contributed by atoms with E-state index in [1.807, 2.05) is 37.3 Å². The van der Waals surface area contributed by atoms with E-state index < -0.39 is 12.1 Å². The van der Waals surface area contributed by atoms with Gasteiger partial charge in [-0.1, -0.05) is 30.3 Å². The molecule has 0 radical (unpaired) electrons. The second kappa shape index (κ2) is 7.83. The first-order chi connectivity index (χ1) is 12.6. The van der Waals surface area contributed by atoms with Crippen LogP contribution in [0, 0.1) is 0 Å². The van der Waals surface area contributed by atoms with Gasteiger partial charge in [0.2, 0.25) is 5.78 Å². The molecule has 0 saturated carbocycles. The van der Waals surface area contributed by atoms with Crippen molar-refractivity contribution in [2.75, 3.05) is 6.61 Å². The van der Waals surface area contributed by atoms with Crippen LogP contribution in [-0.4, -0.2) is 24.5 Å². The lowest BCUT2D eigenvalue weighted by molar-refractivity contribution is 0.0319. The van der Waals surface area contributed by atoms with Crippen LogP contribution in [0.3, 0.4) is 0 Å². The van der Waals surface area contributed by atoms with Gasteiger partial charge in [-0.25, -0.2) is 4.79 Å². The summed E-state index contributed by atoms with van der Waals surface area (Å²) in [4.78, 5) is 24.9. The largest absolute Gasteiger partial charge is 0.494 e. The van der Waals surface area contributed by atoms with Crippen LogP contribution in [-0.2, 0) is 4.74 Å². The summed E-state index contributed by atoms with van der Waals surface area (Å²) in [6, 6.07) is 19.9. The molecule has 3 aromatic rings. The zero-order valence-corrected chi connectivity index (χ0v) is 14.8. The number of carbonyl (C=O) groups excluding carboxylic acids is 2. The van der Waals surface area contributed by atoms with E-state index >= 15 is 0 Å². The fourth-order valence-corrected chi connectivity index (χ4v) is 2.72. The van der Waals surface area contributed by atoms with Crippen molar-refractivity contribution in [2.24, 2.45) is 0 Å². The molecule has 4 nitrogen and oxygen atoms in total. The molecule has 1 atom stereocenters. The number of Topliss-reactive ketones (excluding diaryl/α,β-unsaturated/α-hetero) is 1. The fourth-order valence-electron chi connectivity index (χ4n) is 2.72. The molecule has 0 N–H and O–H groups in total. The fraction of sp³-hybridized carbons (Fsp3) is 0.182. The average Bonchev–Trinajstić information content (AvgIpc) is 2.67. The number of hydrogen-bond acceptors (Lipinski definition) is 4. The number of ketones is 1. The molecule has 0 amide bonds. The van der Waals surface area contributed by atoms with Crippen LogP contribution in [0.5, 0.6) is 5.75 Å². The number of rotatable bonds is 6. The first kappa shape index (κ1) is 17.7. The van der Waals surface area contributed by atoms with Gasteiger partial charge in [0.15, 0.2) is 6.10 Å². The Balaban J connectivity index is 1.70. The van der Waals surface area contributed by atoms with E-state index in [1.165, 1.54) is 0 Å². The van der Waals surface area contributed by atoms with Crippen molar-refractivity contribution in [3.8, 4) is 5.75 Å². The highest BCUT2D eigenvalue weighted by Gasteiger charge is 2.20. The van der Waals surface area contributed by atoms with Crippen molar-refractivity contribution in [1.29, 1.82) is 0 Å². The zero-order chi connectivity index (χ0) is 18.5. The van der Waals surface area contributed by atoms with E-state index in [0.717, 1.165) is 10.8 Å². The Hall–Kier alpha value is -3.14. The van der Waals surface area contributed by atoms with Gasteiger partial charge < -0.3 is 9.47 Å². The highest BCUT2D eigenvalue weighted by atomic mass is 16.5. The van der Waals surface area contributed by atoms with Crippen molar-refractivity contribution in [3.05, 3.63) is 77.9 Å². The van der Waals surface area contributed by atoms with Gasteiger partial charge >= 0.3 is 5.97 Å². The van der Waals surface area contributed by atoms with Crippen LogP contribution in [0.2, 0.25) is 0 Å². The molecule has 0 unspecified atom stereocenters. The molecule has 0 fully saturated rings. The topological polar surface area (TPSA) is 52.6 Å². The number of benzene rings is 3. The Bertz CT molecular complexity index is 928. The Labute approximate surface area is 152 Å². The number of esters is 1. The summed E-state index contributed by atoms with van der Waals surface area (Å²) >= 11 is 0. The van der Waals surface area contributed by atoms with Crippen LogP contribution < -0.4 is 4.74 Å². The molecule has 0 aliphatic carbocycles. The molecule has 0 bridgehead atoms. The van der Waals surface area contributed by atoms with Crippen molar-refractivity contribution in [3.63, 3.8) is 0 Å². The minimum atomic E-state index is -0.869. The third-order valence-electron chi connectivity index (χ3n) is 4.09. The van der Waals surface area contributed by atoms with Gasteiger partial charge in [0.1, 0.15) is 5.75 Å². The lowest BCUT2D eigenvalue weighted by atomic mass is 10.1. The van der Waals surface area contributed by atoms with Crippen molar-refractivity contribution in [1.82, 2.24) is 0 Å². The smallest absolute Gasteiger partial charge is 0.338 e. The van der Waals surface area contributed by atoms with Crippen molar-refractivity contribution < 1.29 is 19.1 Å². The first-order valence-corrected chi connectivity index (χ1v) is 8.55. The Morgan fingerprint density at radius 1 is 0.885 bits per heavy atom. The maximum Gasteiger partial charge on any atom is 0.338 e. The molecule has 0 aromatic heterocycles. The molecule has 132 valence electrons. The summed E-state index contributed by atoms with van der Waals surface area (Å²) in [5.41, 5.74) is 0.905. The van der Waals surface area contributed by atoms with E-state index in [2.05, 4.69) is 0 Å². The maximum atomic E-state index is 12.5. The van der Waals surface area contributed by atoms with Gasteiger partial charge in [0.25, 0.3) is 0 Å². The summed E-state index contributed by atoms with van der Waals surface area (Å²) in [5.74, 6) is -0.0606. The summed E-state index contributed by atoms with van der Waals surface area (Å²) < 4.78 is 10.7. The molecule has 3 rings (SSSR count). The molecule has 0 saturated heterocycles. The lowest BCUT2D eigenvalue weighted by Crippen LogP contribution is -2.24. The monoisotopic (exact) mass is 348 g/mol. The van der Waals surface area contributed by atoms with Gasteiger partial charge in [-0.2, -0.15) is 0 Å². The zero-order valence-electron chi connectivity index (χ0n) is 14.8. The van der Waals surface area contributed by atoms with E-state index in [1.54, 1.807) is 43.3 Å². The summed E-state index contributed by atoms with van der Waals surface area (Å²) in [5, 5.41) is 2.00. The Kier molecular flexibility index (Phi) is 5.32. The quantitative estimate of drug-likeness (QED) is 0.480. The molecule has 3 aromatic carbocycles. The number of hydrogen-bond donors (Lipinski definition) is 0. The summed E-state index contributed by atoms with van der Waals surface area (Å²) in [6.45, 7) is 4.04. The van der Waals surface area contributed by atoms with Gasteiger partial charge in [0.05, 0.1) is 12.2 Å². The number of carbonyl (C=O) groups is 2. The van der Waals surface area contributed by atoms with Crippen LogP contribution in [0.25, 0.3) is 10.8 Å². The van der Waals surface area contributed by atoms with Gasteiger partial charge in [-0.15, -0.1) is 0 Å². The first-order valence-electron chi connectivity index (χ1n) is 8.55. The second-order valence-corrected chi connectivity index (χ2v) is 5.93. The van der Waals surface area contributed by atoms with Gasteiger partial charge in [0, 0.05) is 5.56 Å². The summed E-state index contributed by atoms with van der Waals surface area (Å²) in [6.07, 6.45) is -0.869.